The topological polar surface area (TPSA) is 153 Å². The average molecular weight is 466 g/mol. The molecule has 0 fully saturated rings. The molecule has 1 aromatic carbocycles. The summed E-state index contributed by atoms with van der Waals surface area (Å²) < 4.78 is 34.7. The zero-order valence-corrected chi connectivity index (χ0v) is 18.0. The van der Waals surface area contributed by atoms with Crippen LogP contribution in [0.4, 0.5) is 14.9 Å². The van der Waals surface area contributed by atoms with E-state index in [2.05, 4.69) is 24.9 Å². The smallest absolute Gasteiger partial charge is 0.452 e. The minimum atomic E-state index is -4.61. The number of phosphoric acid groups is 1. The Hall–Kier alpha value is -3.25. The summed E-state index contributed by atoms with van der Waals surface area (Å²) >= 11 is 0. The number of pyridine rings is 1. The van der Waals surface area contributed by atoms with Crippen molar-refractivity contribution in [3.63, 3.8) is 0 Å². The van der Waals surface area contributed by atoms with Gasteiger partial charge >= 0.3 is 13.9 Å². The number of ether oxygens (including phenoxy) is 1. The number of tetrazole rings is 1. The van der Waals surface area contributed by atoms with Crippen molar-refractivity contribution >= 4 is 19.6 Å². The third-order valence-electron chi connectivity index (χ3n) is 4.26. The Labute approximate surface area is 181 Å². The van der Waals surface area contributed by atoms with Crippen LogP contribution in [-0.4, -0.2) is 61.3 Å². The van der Waals surface area contributed by atoms with Gasteiger partial charge in [-0.1, -0.05) is 6.07 Å². The van der Waals surface area contributed by atoms with Crippen molar-refractivity contribution in [2.24, 2.45) is 7.05 Å². The number of carbonyl (C=O) groups is 1. The number of methoxy groups -OCH3 is 1. The minimum absolute atomic E-state index is 0.00712. The van der Waals surface area contributed by atoms with E-state index in [1.807, 2.05) is 0 Å². The van der Waals surface area contributed by atoms with Crippen LogP contribution in [-0.2, 0) is 20.9 Å². The number of phosphoric ester groups is 1. The van der Waals surface area contributed by atoms with Crippen LogP contribution in [0.25, 0.3) is 22.6 Å². The first-order valence-corrected chi connectivity index (χ1v) is 10.8. The van der Waals surface area contributed by atoms with Crippen molar-refractivity contribution in [1.29, 1.82) is 0 Å². The van der Waals surface area contributed by atoms with Crippen molar-refractivity contribution in [2.45, 2.75) is 6.42 Å². The molecule has 0 radical (unpaired) electrons. The number of halogens is 1. The molecule has 12 nitrogen and oxygen atoms in total. The molecule has 0 spiro atoms. The average Bonchev–Trinajstić information content (AvgIpc) is 3.19. The zero-order chi connectivity index (χ0) is 23.3. The lowest BCUT2D eigenvalue weighted by atomic mass is 10.1. The van der Waals surface area contributed by atoms with Crippen molar-refractivity contribution in [3.05, 3.63) is 42.3 Å². The number of anilines is 1. The quantitative estimate of drug-likeness (QED) is 0.373. The van der Waals surface area contributed by atoms with E-state index in [-0.39, 0.29) is 30.8 Å². The lowest BCUT2D eigenvalue weighted by Gasteiger charge is -2.22. The van der Waals surface area contributed by atoms with E-state index in [0.717, 1.165) is 11.0 Å². The summed E-state index contributed by atoms with van der Waals surface area (Å²) in [6.45, 7) is -0.302. The third kappa shape index (κ3) is 5.92. The SMILES string of the molecule is COC(=O)N(CCCOP(=O)(O)O)c1ccc(-c2ccc(-c3nnn(C)n3)nc2)c(F)c1. The summed E-state index contributed by atoms with van der Waals surface area (Å²) in [6, 6.07) is 7.48. The van der Waals surface area contributed by atoms with Gasteiger partial charge in [0, 0.05) is 29.6 Å². The second-order valence-corrected chi connectivity index (χ2v) is 7.74. The Morgan fingerprint density at radius 1 is 1.28 bits per heavy atom. The monoisotopic (exact) mass is 466 g/mol. The molecule has 32 heavy (non-hydrogen) atoms. The van der Waals surface area contributed by atoms with Gasteiger partial charge in [0.25, 0.3) is 0 Å². The highest BCUT2D eigenvalue weighted by Crippen LogP contribution is 2.35. The summed E-state index contributed by atoms with van der Waals surface area (Å²) in [7, 11) is -1.81. The molecule has 14 heteroatoms. The molecule has 0 atom stereocenters. The normalized spacial score (nSPS) is 11.4. The first-order chi connectivity index (χ1) is 15.2. The molecule has 0 saturated carbocycles. The number of nitrogens with zero attached hydrogens (tertiary/aromatic N) is 6. The maximum Gasteiger partial charge on any atom is 0.469 e. The molecule has 2 heterocycles. The van der Waals surface area contributed by atoms with Gasteiger partial charge in [-0.05, 0) is 35.9 Å². The molecule has 1 amide bonds. The Morgan fingerprint density at radius 2 is 2.06 bits per heavy atom. The molecule has 3 aromatic rings. The fraction of sp³-hybridized carbons (Fsp3) is 0.278. The Bertz CT molecular complexity index is 1140. The van der Waals surface area contributed by atoms with Crippen LogP contribution in [0.3, 0.4) is 0 Å². The lowest BCUT2D eigenvalue weighted by Crippen LogP contribution is -2.32. The highest BCUT2D eigenvalue weighted by Gasteiger charge is 2.20. The van der Waals surface area contributed by atoms with Gasteiger partial charge in [0.1, 0.15) is 11.5 Å². The number of rotatable bonds is 8. The van der Waals surface area contributed by atoms with Crippen molar-refractivity contribution < 1.29 is 32.8 Å². The van der Waals surface area contributed by atoms with Gasteiger partial charge in [-0.25, -0.2) is 13.8 Å². The molecule has 2 N–H and O–H groups in total. The van der Waals surface area contributed by atoms with E-state index in [1.165, 1.54) is 30.2 Å². The standard InChI is InChI=1S/C18H20FN6O6P/c1-24-22-17(21-23-24)16-7-4-12(11-20-16)14-6-5-13(10-15(14)19)25(18(26)30-2)8-3-9-31-32(27,28)29/h4-7,10-11H,3,8-9H2,1-2H3,(H2,27,28,29). The number of aromatic nitrogens is 5. The minimum Gasteiger partial charge on any atom is -0.452 e. The number of amides is 1. The molecule has 0 bridgehead atoms. The van der Waals surface area contributed by atoms with Gasteiger partial charge in [0.2, 0.25) is 5.82 Å². The second-order valence-electron chi connectivity index (χ2n) is 6.50. The summed E-state index contributed by atoms with van der Waals surface area (Å²) in [4.78, 5) is 36.2. The van der Waals surface area contributed by atoms with Crippen molar-refractivity contribution in [3.8, 4) is 22.6 Å². The van der Waals surface area contributed by atoms with Crippen LogP contribution >= 0.6 is 7.82 Å². The molecule has 0 unspecified atom stereocenters. The fourth-order valence-corrected chi connectivity index (χ4v) is 3.19. The molecular formula is C18H20FN6O6P. The second kappa shape index (κ2) is 9.92. The molecule has 170 valence electrons. The number of carbonyl (C=O) groups excluding carboxylic acids is 1. The number of hydrogen-bond donors (Lipinski definition) is 2. The van der Waals surface area contributed by atoms with E-state index < -0.39 is 19.7 Å². The Morgan fingerprint density at radius 3 is 2.62 bits per heavy atom. The molecule has 0 saturated heterocycles. The number of hydrogen-bond acceptors (Lipinski definition) is 8. The highest BCUT2D eigenvalue weighted by atomic mass is 31.2. The molecule has 0 aliphatic heterocycles. The molecule has 0 aliphatic rings. The van der Waals surface area contributed by atoms with Crippen molar-refractivity contribution in [2.75, 3.05) is 25.2 Å². The van der Waals surface area contributed by atoms with E-state index in [9.17, 15) is 13.8 Å². The summed E-state index contributed by atoms with van der Waals surface area (Å²) in [5.74, 6) is -0.263. The maximum atomic E-state index is 14.9. The predicted molar refractivity (Wildman–Crippen MR) is 110 cm³/mol. The highest BCUT2D eigenvalue weighted by molar-refractivity contribution is 7.46. The van der Waals surface area contributed by atoms with E-state index in [4.69, 9.17) is 14.5 Å². The summed E-state index contributed by atoms with van der Waals surface area (Å²) in [5.41, 5.74) is 1.45. The number of aryl methyl sites for hydroxylation is 1. The molecule has 0 aliphatic carbocycles. The zero-order valence-electron chi connectivity index (χ0n) is 17.1. The third-order valence-corrected chi connectivity index (χ3v) is 4.78. The van der Waals surface area contributed by atoms with Crippen LogP contribution in [0.2, 0.25) is 0 Å². The van der Waals surface area contributed by atoms with Crippen LogP contribution in [0.1, 0.15) is 6.42 Å². The van der Waals surface area contributed by atoms with Gasteiger partial charge < -0.3 is 14.5 Å². The van der Waals surface area contributed by atoms with Gasteiger partial charge in [-0.3, -0.25) is 14.4 Å². The summed E-state index contributed by atoms with van der Waals surface area (Å²) in [5, 5.41) is 11.7. The van der Waals surface area contributed by atoms with Crippen LogP contribution in [0.15, 0.2) is 36.5 Å². The van der Waals surface area contributed by atoms with E-state index >= 15 is 0 Å². The van der Waals surface area contributed by atoms with Crippen LogP contribution < -0.4 is 4.90 Å². The molecular weight excluding hydrogens is 446 g/mol. The van der Waals surface area contributed by atoms with Gasteiger partial charge in [0.05, 0.1) is 20.8 Å². The van der Waals surface area contributed by atoms with Crippen molar-refractivity contribution in [1.82, 2.24) is 25.2 Å². The largest absolute Gasteiger partial charge is 0.469 e. The fourth-order valence-electron chi connectivity index (χ4n) is 2.82. The van der Waals surface area contributed by atoms with E-state index in [0.29, 0.717) is 17.1 Å². The van der Waals surface area contributed by atoms with Gasteiger partial charge in [-0.2, -0.15) is 4.80 Å². The maximum absolute atomic E-state index is 14.9. The predicted octanol–water partition coefficient (Wildman–Crippen LogP) is 2.15. The summed E-state index contributed by atoms with van der Waals surface area (Å²) in [6.07, 6.45) is 0.808. The first kappa shape index (κ1) is 23.4. The van der Waals surface area contributed by atoms with Crippen LogP contribution in [0.5, 0.6) is 0 Å². The molecule has 2 aromatic heterocycles. The Balaban J connectivity index is 1.77. The first-order valence-electron chi connectivity index (χ1n) is 9.24. The van der Waals surface area contributed by atoms with E-state index in [1.54, 1.807) is 19.2 Å². The van der Waals surface area contributed by atoms with Gasteiger partial charge in [-0.15, -0.1) is 10.2 Å². The van der Waals surface area contributed by atoms with Crippen LogP contribution in [0, 0.1) is 5.82 Å². The number of benzene rings is 1. The Kier molecular flexibility index (Phi) is 7.26. The molecule has 3 rings (SSSR count). The lowest BCUT2D eigenvalue weighted by molar-refractivity contribution is 0.176. The van der Waals surface area contributed by atoms with Gasteiger partial charge in [0.15, 0.2) is 0 Å².